The molecule has 1 saturated heterocycles. The van der Waals surface area contributed by atoms with Gasteiger partial charge in [0.15, 0.2) is 0 Å². The molecule has 2 rings (SSSR count). The number of ether oxygens (including phenoxy) is 1. The Balaban J connectivity index is 1.98. The summed E-state index contributed by atoms with van der Waals surface area (Å²) in [7, 11) is 0. The van der Waals surface area contributed by atoms with Crippen LogP contribution < -0.4 is 10.2 Å². The van der Waals surface area contributed by atoms with E-state index in [1.807, 2.05) is 6.92 Å². The van der Waals surface area contributed by atoms with Crippen LogP contribution in [-0.4, -0.2) is 31.2 Å². The monoisotopic (exact) mass is 290 g/mol. The summed E-state index contributed by atoms with van der Waals surface area (Å²) in [5.74, 6) is 0.171. The van der Waals surface area contributed by atoms with Crippen molar-refractivity contribution in [2.75, 3.05) is 18.0 Å². The van der Waals surface area contributed by atoms with Gasteiger partial charge in [0.05, 0.1) is 11.7 Å². The lowest BCUT2D eigenvalue weighted by Gasteiger charge is -2.16. The van der Waals surface area contributed by atoms with Gasteiger partial charge in [-0.05, 0) is 43.5 Å². The number of anilines is 1. The Labute approximate surface area is 125 Å². The lowest BCUT2D eigenvalue weighted by Crippen LogP contribution is -2.27. The smallest absolute Gasteiger partial charge is 0.338 e. The van der Waals surface area contributed by atoms with Crippen LogP contribution >= 0.6 is 0 Å². The highest BCUT2D eigenvalue weighted by atomic mass is 16.5. The fourth-order valence-electron chi connectivity index (χ4n) is 2.46. The van der Waals surface area contributed by atoms with Crippen LogP contribution in [0.1, 0.15) is 37.6 Å². The molecule has 0 saturated carbocycles. The van der Waals surface area contributed by atoms with E-state index in [0.717, 1.165) is 12.1 Å². The topological polar surface area (TPSA) is 58.6 Å². The Kier molecular flexibility index (Phi) is 4.83. The molecule has 0 spiro atoms. The number of amides is 2. The van der Waals surface area contributed by atoms with Crippen LogP contribution in [0.2, 0.25) is 0 Å². The molecule has 1 N–H and O–H groups in total. The lowest BCUT2D eigenvalue weighted by atomic mass is 10.1. The number of hydrogen-bond donors (Lipinski definition) is 1. The first-order valence-corrected chi connectivity index (χ1v) is 7.33. The lowest BCUT2D eigenvalue weighted by molar-refractivity contribution is 0.0299. The number of rotatable bonds is 5. The average molecular weight is 290 g/mol. The van der Waals surface area contributed by atoms with Gasteiger partial charge in [-0.2, -0.15) is 0 Å². The Bertz CT molecular complexity index is 511. The predicted molar refractivity (Wildman–Crippen MR) is 81.5 cm³/mol. The second-order valence-corrected chi connectivity index (χ2v) is 5.78. The van der Waals surface area contributed by atoms with Crippen LogP contribution in [0.15, 0.2) is 24.3 Å². The highest BCUT2D eigenvalue weighted by molar-refractivity contribution is 5.95. The molecule has 1 fully saturated rings. The van der Waals surface area contributed by atoms with Crippen LogP contribution in [0.5, 0.6) is 0 Å². The molecule has 1 aromatic carbocycles. The van der Waals surface area contributed by atoms with Crippen LogP contribution in [0.25, 0.3) is 0 Å². The van der Waals surface area contributed by atoms with Crippen LogP contribution in [-0.2, 0) is 4.74 Å². The molecular formula is C16H22N2O3. The van der Waals surface area contributed by atoms with Crippen LogP contribution in [0, 0.1) is 5.92 Å². The van der Waals surface area contributed by atoms with Crippen molar-refractivity contribution in [3.63, 3.8) is 0 Å². The molecule has 1 aromatic rings. The molecule has 5 nitrogen and oxygen atoms in total. The number of carbonyl (C=O) groups excluding carboxylic acids is 2. The molecule has 0 aliphatic carbocycles. The molecule has 5 heteroatoms. The molecule has 1 unspecified atom stereocenters. The molecule has 21 heavy (non-hydrogen) atoms. The highest BCUT2D eigenvalue weighted by Gasteiger charge is 2.21. The first-order valence-electron chi connectivity index (χ1n) is 7.33. The van der Waals surface area contributed by atoms with Gasteiger partial charge in [0.1, 0.15) is 0 Å². The number of urea groups is 1. The van der Waals surface area contributed by atoms with Crippen molar-refractivity contribution < 1.29 is 14.3 Å². The van der Waals surface area contributed by atoms with Gasteiger partial charge in [0, 0.05) is 18.8 Å². The SMILES string of the molecule is CC(C)CC(C)OC(=O)c1ccc(N2CCNC2=O)cc1. The molecule has 1 atom stereocenters. The number of esters is 1. The first kappa shape index (κ1) is 15.4. The summed E-state index contributed by atoms with van der Waals surface area (Å²) in [6.45, 7) is 7.39. The minimum absolute atomic E-state index is 0.0958. The second kappa shape index (κ2) is 6.61. The summed E-state index contributed by atoms with van der Waals surface area (Å²) < 4.78 is 5.40. The third-order valence-electron chi connectivity index (χ3n) is 3.38. The van der Waals surface area contributed by atoms with E-state index in [4.69, 9.17) is 4.74 Å². The maximum atomic E-state index is 12.0. The average Bonchev–Trinajstić information content (AvgIpc) is 2.84. The second-order valence-electron chi connectivity index (χ2n) is 5.78. The summed E-state index contributed by atoms with van der Waals surface area (Å²) in [6.07, 6.45) is 0.749. The van der Waals surface area contributed by atoms with Gasteiger partial charge in [-0.1, -0.05) is 13.8 Å². The van der Waals surface area contributed by atoms with Gasteiger partial charge in [0.25, 0.3) is 0 Å². The normalized spacial score (nSPS) is 16.0. The third-order valence-corrected chi connectivity index (χ3v) is 3.38. The Hall–Kier alpha value is -2.04. The van der Waals surface area contributed by atoms with E-state index in [-0.39, 0.29) is 18.1 Å². The maximum absolute atomic E-state index is 12.0. The van der Waals surface area contributed by atoms with Crippen molar-refractivity contribution in [2.45, 2.75) is 33.3 Å². The van der Waals surface area contributed by atoms with Crippen molar-refractivity contribution in [1.29, 1.82) is 0 Å². The van der Waals surface area contributed by atoms with E-state index >= 15 is 0 Å². The van der Waals surface area contributed by atoms with Crippen LogP contribution in [0.4, 0.5) is 10.5 Å². The van der Waals surface area contributed by atoms with Crippen molar-refractivity contribution in [1.82, 2.24) is 5.32 Å². The fourth-order valence-corrected chi connectivity index (χ4v) is 2.46. The molecule has 0 aromatic heterocycles. The van der Waals surface area contributed by atoms with E-state index in [1.54, 1.807) is 29.2 Å². The Morgan fingerprint density at radius 2 is 1.95 bits per heavy atom. The van der Waals surface area contributed by atoms with Crippen LogP contribution in [0.3, 0.4) is 0 Å². The van der Waals surface area contributed by atoms with E-state index in [0.29, 0.717) is 24.6 Å². The summed E-state index contributed by atoms with van der Waals surface area (Å²) >= 11 is 0. The Morgan fingerprint density at radius 3 is 2.48 bits per heavy atom. The largest absolute Gasteiger partial charge is 0.459 e. The molecule has 0 bridgehead atoms. The van der Waals surface area contributed by atoms with Gasteiger partial charge < -0.3 is 10.1 Å². The summed E-state index contributed by atoms with van der Waals surface area (Å²) in [5.41, 5.74) is 1.30. The molecule has 0 radical (unpaired) electrons. The zero-order valence-electron chi connectivity index (χ0n) is 12.8. The molecule has 114 valence electrons. The van der Waals surface area contributed by atoms with Crippen molar-refractivity contribution in [3.05, 3.63) is 29.8 Å². The summed E-state index contributed by atoms with van der Waals surface area (Å²) in [5, 5.41) is 2.75. The number of hydrogen-bond acceptors (Lipinski definition) is 3. The highest BCUT2D eigenvalue weighted by Crippen LogP contribution is 2.18. The fraction of sp³-hybridized carbons (Fsp3) is 0.500. The minimum atomic E-state index is -0.319. The number of carbonyl (C=O) groups is 2. The molecule has 2 amide bonds. The van der Waals surface area contributed by atoms with E-state index in [9.17, 15) is 9.59 Å². The maximum Gasteiger partial charge on any atom is 0.338 e. The first-order chi connectivity index (χ1) is 9.97. The number of nitrogens with zero attached hydrogens (tertiary/aromatic N) is 1. The summed E-state index contributed by atoms with van der Waals surface area (Å²) in [4.78, 5) is 25.2. The number of benzene rings is 1. The standard InChI is InChI=1S/C16H22N2O3/c1-11(2)10-12(3)21-15(19)13-4-6-14(7-5-13)18-9-8-17-16(18)20/h4-7,11-12H,8-10H2,1-3H3,(H,17,20). The van der Waals surface area contributed by atoms with Gasteiger partial charge in [-0.3, -0.25) is 4.90 Å². The molecular weight excluding hydrogens is 268 g/mol. The quantitative estimate of drug-likeness (QED) is 0.848. The molecule has 1 heterocycles. The van der Waals surface area contributed by atoms with E-state index in [1.165, 1.54) is 0 Å². The zero-order valence-corrected chi connectivity index (χ0v) is 12.8. The van der Waals surface area contributed by atoms with Crippen molar-refractivity contribution in [2.24, 2.45) is 5.92 Å². The number of nitrogens with one attached hydrogen (secondary N) is 1. The minimum Gasteiger partial charge on any atom is -0.459 e. The zero-order chi connectivity index (χ0) is 15.4. The van der Waals surface area contributed by atoms with Gasteiger partial charge in [-0.15, -0.1) is 0 Å². The van der Waals surface area contributed by atoms with Gasteiger partial charge in [-0.25, -0.2) is 9.59 Å². The van der Waals surface area contributed by atoms with E-state index in [2.05, 4.69) is 19.2 Å². The third kappa shape index (κ3) is 3.97. The Morgan fingerprint density at radius 1 is 1.29 bits per heavy atom. The van der Waals surface area contributed by atoms with Crippen molar-refractivity contribution in [3.8, 4) is 0 Å². The predicted octanol–water partition coefficient (Wildman–Crippen LogP) is 2.81. The summed E-state index contributed by atoms with van der Waals surface area (Å²) in [6, 6.07) is 6.84. The molecule has 1 aliphatic heterocycles. The van der Waals surface area contributed by atoms with E-state index < -0.39 is 0 Å². The van der Waals surface area contributed by atoms with Crippen molar-refractivity contribution >= 4 is 17.7 Å². The van der Waals surface area contributed by atoms with Gasteiger partial charge in [0.2, 0.25) is 0 Å². The molecule has 1 aliphatic rings. The van der Waals surface area contributed by atoms with Gasteiger partial charge >= 0.3 is 12.0 Å².